The Balaban J connectivity index is 1.70. The number of nitrogens with zero attached hydrogens (tertiary/aromatic N) is 1. The Morgan fingerprint density at radius 2 is 1.56 bits per heavy atom. The molecule has 0 aromatic heterocycles. The molecule has 0 aliphatic heterocycles. The molecule has 0 radical (unpaired) electrons. The third-order valence-electron chi connectivity index (χ3n) is 5.74. The summed E-state index contributed by atoms with van der Waals surface area (Å²) < 4.78 is 45.3. The number of nitrogens with one attached hydrogen (secondary N) is 1. The van der Waals surface area contributed by atoms with E-state index >= 15 is 0 Å². The lowest BCUT2D eigenvalue weighted by Crippen LogP contribution is -2.38. The number of para-hydroxylation sites is 1. The number of carbonyl (C=O) groups is 1. The Morgan fingerprint density at radius 1 is 0.846 bits per heavy atom. The first-order valence-corrected chi connectivity index (χ1v) is 13.7. The van der Waals surface area contributed by atoms with Gasteiger partial charge in [0.2, 0.25) is 5.91 Å². The highest BCUT2D eigenvalue weighted by molar-refractivity contribution is 7.92. The van der Waals surface area contributed by atoms with Crippen LogP contribution >= 0.6 is 11.6 Å². The topological polar surface area (TPSA) is 94.2 Å². The molecule has 0 atom stereocenters. The van der Waals surface area contributed by atoms with Gasteiger partial charge in [0, 0.05) is 11.1 Å². The normalized spacial score (nSPS) is 11.0. The van der Waals surface area contributed by atoms with E-state index < -0.39 is 22.5 Å². The Kier molecular flexibility index (Phi) is 8.63. The van der Waals surface area contributed by atoms with Crippen molar-refractivity contribution >= 4 is 38.9 Å². The van der Waals surface area contributed by atoms with Crippen molar-refractivity contribution in [3.63, 3.8) is 0 Å². The second-order valence-electron chi connectivity index (χ2n) is 8.47. The minimum Gasteiger partial charge on any atom is -0.497 e. The number of benzene rings is 4. The Bertz CT molecular complexity index is 1560. The zero-order valence-corrected chi connectivity index (χ0v) is 23.1. The zero-order valence-electron chi connectivity index (χ0n) is 21.6. The van der Waals surface area contributed by atoms with Gasteiger partial charge in [0.25, 0.3) is 10.0 Å². The maximum absolute atomic E-state index is 13.8. The molecule has 202 valence electrons. The van der Waals surface area contributed by atoms with Gasteiger partial charge in [-0.2, -0.15) is 0 Å². The van der Waals surface area contributed by atoms with Crippen LogP contribution in [0.15, 0.2) is 95.9 Å². The molecule has 0 aliphatic rings. The number of ether oxygens (including phenoxy) is 3. The number of rotatable bonds is 10. The number of aryl methyl sites for hydroxylation is 1. The molecule has 0 spiro atoms. The predicted molar refractivity (Wildman–Crippen MR) is 152 cm³/mol. The molecule has 4 aromatic rings. The summed E-state index contributed by atoms with van der Waals surface area (Å²) >= 11 is 6.20. The largest absolute Gasteiger partial charge is 0.497 e. The van der Waals surface area contributed by atoms with E-state index in [-0.39, 0.29) is 22.0 Å². The van der Waals surface area contributed by atoms with E-state index in [0.717, 1.165) is 9.87 Å². The zero-order chi connectivity index (χ0) is 28.0. The van der Waals surface area contributed by atoms with Crippen molar-refractivity contribution in [3.8, 4) is 23.0 Å². The van der Waals surface area contributed by atoms with Crippen molar-refractivity contribution in [2.24, 2.45) is 0 Å². The summed E-state index contributed by atoms with van der Waals surface area (Å²) in [7, 11) is -1.28. The lowest BCUT2D eigenvalue weighted by atomic mass is 10.2. The molecule has 1 amide bonds. The molecule has 0 bridgehead atoms. The Labute approximate surface area is 232 Å². The van der Waals surface area contributed by atoms with E-state index in [1.165, 1.54) is 38.5 Å². The van der Waals surface area contributed by atoms with Gasteiger partial charge in [-0.1, -0.05) is 47.5 Å². The minimum atomic E-state index is -4.18. The van der Waals surface area contributed by atoms with Crippen LogP contribution in [0.2, 0.25) is 5.02 Å². The summed E-state index contributed by atoms with van der Waals surface area (Å²) in [5, 5.41) is 3.11. The number of halogens is 1. The van der Waals surface area contributed by atoms with Gasteiger partial charge in [-0.05, 0) is 61.5 Å². The molecule has 0 heterocycles. The fraction of sp³-hybridized carbons (Fsp3) is 0.138. The highest BCUT2D eigenvalue weighted by Crippen LogP contribution is 2.36. The first kappa shape index (κ1) is 27.8. The van der Waals surface area contributed by atoms with Gasteiger partial charge in [-0.25, -0.2) is 8.42 Å². The van der Waals surface area contributed by atoms with Crippen LogP contribution < -0.4 is 23.8 Å². The minimum absolute atomic E-state index is 0.0228. The molecular weight excluding hydrogens is 540 g/mol. The number of carbonyl (C=O) groups excluding carboxylic acids is 1. The summed E-state index contributed by atoms with van der Waals surface area (Å²) in [6, 6.07) is 24.9. The Morgan fingerprint density at radius 3 is 2.23 bits per heavy atom. The summed E-state index contributed by atoms with van der Waals surface area (Å²) in [6.07, 6.45) is 0. The summed E-state index contributed by atoms with van der Waals surface area (Å²) in [4.78, 5) is 13.4. The SMILES string of the molecule is COc1ccc(N(CC(=O)Nc2cc(Cl)ccc2Oc2ccccc2)S(=O)(=O)c2ccc(C)cc2)c(OC)c1. The number of sulfonamides is 1. The van der Waals surface area contributed by atoms with Crippen LogP contribution in [0.4, 0.5) is 11.4 Å². The Hall–Kier alpha value is -4.21. The van der Waals surface area contributed by atoms with E-state index in [2.05, 4.69) is 5.32 Å². The molecule has 1 N–H and O–H groups in total. The van der Waals surface area contributed by atoms with Crippen LogP contribution in [0.25, 0.3) is 0 Å². The second-order valence-corrected chi connectivity index (χ2v) is 10.8. The molecule has 0 aliphatic carbocycles. The fourth-order valence-corrected chi connectivity index (χ4v) is 5.36. The molecule has 4 rings (SSSR count). The molecular formula is C29H27ClN2O6S. The predicted octanol–water partition coefficient (Wildman–Crippen LogP) is 6.29. The van der Waals surface area contributed by atoms with Crippen molar-refractivity contribution in [2.45, 2.75) is 11.8 Å². The molecule has 0 unspecified atom stereocenters. The van der Waals surface area contributed by atoms with E-state index in [1.54, 1.807) is 48.5 Å². The lowest BCUT2D eigenvalue weighted by molar-refractivity contribution is -0.114. The van der Waals surface area contributed by atoms with Gasteiger partial charge < -0.3 is 19.5 Å². The number of hydrogen-bond donors (Lipinski definition) is 1. The van der Waals surface area contributed by atoms with Crippen LogP contribution in [0.5, 0.6) is 23.0 Å². The van der Waals surface area contributed by atoms with Gasteiger partial charge in [-0.15, -0.1) is 0 Å². The van der Waals surface area contributed by atoms with Crippen LogP contribution in [-0.4, -0.2) is 35.1 Å². The van der Waals surface area contributed by atoms with Crippen LogP contribution in [-0.2, 0) is 14.8 Å². The first-order valence-electron chi connectivity index (χ1n) is 11.8. The smallest absolute Gasteiger partial charge is 0.264 e. The monoisotopic (exact) mass is 566 g/mol. The third-order valence-corrected chi connectivity index (χ3v) is 7.75. The van der Waals surface area contributed by atoms with Crippen molar-refractivity contribution in [3.05, 3.63) is 102 Å². The maximum Gasteiger partial charge on any atom is 0.264 e. The van der Waals surface area contributed by atoms with E-state index in [1.807, 2.05) is 25.1 Å². The summed E-state index contributed by atoms with van der Waals surface area (Å²) in [5.74, 6) is 0.961. The van der Waals surface area contributed by atoms with Crippen molar-refractivity contribution in [1.82, 2.24) is 0 Å². The van der Waals surface area contributed by atoms with Crippen LogP contribution in [0.3, 0.4) is 0 Å². The molecule has 0 fully saturated rings. The van der Waals surface area contributed by atoms with Gasteiger partial charge in [0.15, 0.2) is 5.75 Å². The average Bonchev–Trinajstić information content (AvgIpc) is 2.93. The van der Waals surface area contributed by atoms with Gasteiger partial charge >= 0.3 is 0 Å². The molecule has 39 heavy (non-hydrogen) atoms. The van der Waals surface area contributed by atoms with Crippen molar-refractivity contribution in [1.29, 1.82) is 0 Å². The molecule has 10 heteroatoms. The van der Waals surface area contributed by atoms with E-state index in [9.17, 15) is 13.2 Å². The first-order chi connectivity index (χ1) is 18.7. The fourth-order valence-electron chi connectivity index (χ4n) is 3.75. The maximum atomic E-state index is 13.8. The number of hydrogen-bond acceptors (Lipinski definition) is 6. The number of anilines is 2. The van der Waals surface area contributed by atoms with Gasteiger partial charge in [0.1, 0.15) is 23.8 Å². The lowest BCUT2D eigenvalue weighted by Gasteiger charge is -2.26. The van der Waals surface area contributed by atoms with Crippen LogP contribution in [0.1, 0.15) is 5.56 Å². The van der Waals surface area contributed by atoms with Gasteiger partial charge in [0.05, 0.1) is 30.5 Å². The standard InChI is InChI=1S/C29H27ClN2O6S/c1-20-9-13-24(14-10-20)39(34,35)32(26-15-12-23(36-2)18-28(26)37-3)19-29(33)31-25-17-21(30)11-16-27(25)38-22-7-5-4-6-8-22/h4-18H,19H2,1-3H3,(H,31,33). The molecule has 4 aromatic carbocycles. The van der Waals surface area contributed by atoms with E-state index in [0.29, 0.717) is 22.3 Å². The van der Waals surface area contributed by atoms with E-state index in [4.69, 9.17) is 25.8 Å². The number of methoxy groups -OCH3 is 2. The summed E-state index contributed by atoms with van der Waals surface area (Å²) in [5.41, 5.74) is 1.35. The molecule has 0 saturated heterocycles. The molecule has 0 saturated carbocycles. The second kappa shape index (κ2) is 12.1. The molecule has 8 nitrogen and oxygen atoms in total. The van der Waals surface area contributed by atoms with Crippen molar-refractivity contribution in [2.75, 3.05) is 30.4 Å². The van der Waals surface area contributed by atoms with Crippen molar-refractivity contribution < 1.29 is 27.4 Å². The quantitative estimate of drug-likeness (QED) is 0.242. The highest BCUT2D eigenvalue weighted by Gasteiger charge is 2.30. The third kappa shape index (κ3) is 6.63. The average molecular weight is 567 g/mol. The van der Waals surface area contributed by atoms with Gasteiger partial charge in [-0.3, -0.25) is 9.10 Å². The summed E-state index contributed by atoms with van der Waals surface area (Å²) in [6.45, 7) is 1.30. The van der Waals surface area contributed by atoms with Crippen LogP contribution in [0, 0.1) is 6.92 Å². The number of amides is 1. The highest BCUT2D eigenvalue weighted by atomic mass is 35.5.